The highest BCUT2D eigenvalue weighted by Gasteiger charge is 2.20. The van der Waals surface area contributed by atoms with Gasteiger partial charge in [0.1, 0.15) is 0 Å². The van der Waals surface area contributed by atoms with E-state index in [4.69, 9.17) is 15.0 Å². The van der Waals surface area contributed by atoms with Gasteiger partial charge in [-0.15, -0.1) is 0 Å². The Labute approximate surface area is 100 Å². The summed E-state index contributed by atoms with van der Waals surface area (Å²) in [5.74, 6) is 1.05. The molecule has 0 fully saturated rings. The third-order valence-electron chi connectivity index (χ3n) is 2.88. The highest BCUT2D eigenvalue weighted by atomic mass is 16.5. The van der Waals surface area contributed by atoms with Gasteiger partial charge < -0.3 is 15.0 Å². The molecule has 2 N–H and O–H groups in total. The van der Waals surface area contributed by atoms with Crippen molar-refractivity contribution in [3.8, 4) is 11.3 Å². The number of aromatic nitrogens is 1. The molecule has 4 heteroatoms. The largest absolute Gasteiger partial charge is 0.381 e. The van der Waals surface area contributed by atoms with Crippen molar-refractivity contribution in [3.63, 3.8) is 0 Å². The van der Waals surface area contributed by atoms with E-state index in [0.29, 0.717) is 11.6 Å². The van der Waals surface area contributed by atoms with Crippen molar-refractivity contribution >= 4 is 5.82 Å². The van der Waals surface area contributed by atoms with Crippen LogP contribution < -0.4 is 5.73 Å². The first-order chi connectivity index (χ1) is 8.03. The molecular formula is C13H16N2O2. The molecule has 17 heavy (non-hydrogen) atoms. The maximum atomic E-state index is 5.54. The van der Waals surface area contributed by atoms with Crippen LogP contribution in [0.25, 0.3) is 11.3 Å². The Bertz CT molecular complexity index is 518. The molecule has 0 unspecified atom stereocenters. The Balaban J connectivity index is 2.42. The molecule has 0 saturated heterocycles. The minimum absolute atomic E-state index is 0.332. The minimum Gasteiger partial charge on any atom is -0.381 e. The Hall–Kier alpha value is -1.81. The van der Waals surface area contributed by atoms with Gasteiger partial charge in [-0.05, 0) is 25.5 Å². The van der Waals surface area contributed by atoms with Crippen LogP contribution in [-0.4, -0.2) is 12.3 Å². The summed E-state index contributed by atoms with van der Waals surface area (Å²) >= 11 is 0. The number of hydrogen-bond donors (Lipinski definition) is 1. The highest BCUT2D eigenvalue weighted by molar-refractivity contribution is 5.61. The second kappa shape index (κ2) is 4.22. The lowest BCUT2D eigenvalue weighted by Gasteiger charge is -2.23. The SMILES string of the molecule is COC(C)(C)c1cccc(-c2cc(N)no2)c1. The summed E-state index contributed by atoms with van der Waals surface area (Å²) in [6.07, 6.45) is 0. The molecule has 4 nitrogen and oxygen atoms in total. The number of ether oxygens (including phenoxy) is 1. The van der Waals surface area contributed by atoms with Crippen molar-refractivity contribution in [1.29, 1.82) is 0 Å². The van der Waals surface area contributed by atoms with Crippen molar-refractivity contribution in [1.82, 2.24) is 5.16 Å². The molecule has 0 spiro atoms. The summed E-state index contributed by atoms with van der Waals surface area (Å²) in [5, 5.41) is 3.68. The predicted octanol–water partition coefficient (Wildman–Crippen LogP) is 2.81. The summed E-state index contributed by atoms with van der Waals surface area (Å²) in [6, 6.07) is 9.66. The van der Waals surface area contributed by atoms with Crippen LogP contribution in [0.4, 0.5) is 5.82 Å². The van der Waals surface area contributed by atoms with E-state index in [1.807, 2.05) is 38.1 Å². The van der Waals surface area contributed by atoms with Crippen LogP contribution in [0.1, 0.15) is 19.4 Å². The van der Waals surface area contributed by atoms with Gasteiger partial charge in [-0.25, -0.2) is 0 Å². The fourth-order valence-corrected chi connectivity index (χ4v) is 1.59. The molecule has 0 saturated carbocycles. The standard InChI is InChI=1S/C13H16N2O2/c1-13(2,16-3)10-6-4-5-9(7-10)11-8-12(14)15-17-11/h4-8H,1-3H3,(H2,14,15). The summed E-state index contributed by atoms with van der Waals surface area (Å²) in [7, 11) is 1.69. The number of methoxy groups -OCH3 is 1. The maximum absolute atomic E-state index is 5.54. The van der Waals surface area contributed by atoms with Gasteiger partial charge in [0.05, 0.1) is 5.60 Å². The monoisotopic (exact) mass is 232 g/mol. The molecule has 0 amide bonds. The van der Waals surface area contributed by atoms with Crippen molar-refractivity contribution in [2.45, 2.75) is 19.4 Å². The maximum Gasteiger partial charge on any atom is 0.169 e. The molecule has 0 aliphatic heterocycles. The number of benzene rings is 1. The van der Waals surface area contributed by atoms with E-state index < -0.39 is 0 Å². The second-order valence-corrected chi connectivity index (χ2v) is 4.41. The third-order valence-corrected chi connectivity index (χ3v) is 2.88. The average molecular weight is 232 g/mol. The van der Waals surface area contributed by atoms with E-state index in [0.717, 1.165) is 11.1 Å². The number of nitrogens with two attached hydrogens (primary N) is 1. The smallest absolute Gasteiger partial charge is 0.169 e. The zero-order valence-electron chi connectivity index (χ0n) is 10.2. The van der Waals surface area contributed by atoms with Crippen LogP contribution in [0, 0.1) is 0 Å². The Morgan fingerprint density at radius 3 is 2.65 bits per heavy atom. The summed E-state index contributed by atoms with van der Waals surface area (Å²) in [5.41, 5.74) is 7.22. The number of rotatable bonds is 3. The topological polar surface area (TPSA) is 61.3 Å². The predicted molar refractivity (Wildman–Crippen MR) is 66.4 cm³/mol. The fraction of sp³-hybridized carbons (Fsp3) is 0.308. The van der Waals surface area contributed by atoms with Crippen LogP contribution in [0.15, 0.2) is 34.9 Å². The first kappa shape index (κ1) is 11.7. The first-order valence-corrected chi connectivity index (χ1v) is 5.41. The molecule has 0 aliphatic carbocycles. The van der Waals surface area contributed by atoms with E-state index in [2.05, 4.69) is 5.16 Å². The van der Waals surface area contributed by atoms with E-state index in [9.17, 15) is 0 Å². The van der Waals surface area contributed by atoms with Crippen LogP contribution in [0.3, 0.4) is 0 Å². The van der Waals surface area contributed by atoms with Gasteiger partial charge >= 0.3 is 0 Å². The molecule has 2 rings (SSSR count). The van der Waals surface area contributed by atoms with Crippen LogP contribution in [0.2, 0.25) is 0 Å². The van der Waals surface area contributed by atoms with Gasteiger partial charge in [-0.3, -0.25) is 0 Å². The quantitative estimate of drug-likeness (QED) is 0.883. The molecule has 1 heterocycles. The number of hydrogen-bond acceptors (Lipinski definition) is 4. The Morgan fingerprint density at radius 2 is 2.06 bits per heavy atom. The van der Waals surface area contributed by atoms with Gasteiger partial charge in [-0.2, -0.15) is 0 Å². The molecule has 2 aromatic rings. The third kappa shape index (κ3) is 2.31. The van der Waals surface area contributed by atoms with Gasteiger partial charge in [-0.1, -0.05) is 23.4 Å². The van der Waals surface area contributed by atoms with Crippen LogP contribution in [-0.2, 0) is 10.3 Å². The number of anilines is 1. The lowest BCUT2D eigenvalue weighted by molar-refractivity contribution is 0.0192. The van der Waals surface area contributed by atoms with Gasteiger partial charge in [0, 0.05) is 18.7 Å². The van der Waals surface area contributed by atoms with E-state index in [1.54, 1.807) is 13.2 Å². The number of nitrogen functional groups attached to an aromatic ring is 1. The second-order valence-electron chi connectivity index (χ2n) is 4.41. The van der Waals surface area contributed by atoms with Gasteiger partial charge in [0.25, 0.3) is 0 Å². The zero-order valence-corrected chi connectivity index (χ0v) is 10.2. The molecule has 0 aliphatic rings. The molecule has 0 radical (unpaired) electrons. The summed E-state index contributed by atoms with van der Waals surface area (Å²) in [6.45, 7) is 4.03. The highest BCUT2D eigenvalue weighted by Crippen LogP contribution is 2.28. The Kier molecular flexibility index (Phi) is 2.90. The average Bonchev–Trinajstić information content (AvgIpc) is 2.76. The van der Waals surface area contributed by atoms with Gasteiger partial charge in [0.2, 0.25) is 0 Å². The van der Waals surface area contributed by atoms with Crippen molar-refractivity contribution in [3.05, 3.63) is 35.9 Å². The van der Waals surface area contributed by atoms with Crippen molar-refractivity contribution in [2.75, 3.05) is 12.8 Å². The molecule has 1 aromatic carbocycles. The fourth-order valence-electron chi connectivity index (χ4n) is 1.59. The molecule has 0 bridgehead atoms. The zero-order chi connectivity index (χ0) is 12.5. The molecular weight excluding hydrogens is 216 g/mol. The summed E-state index contributed by atoms with van der Waals surface area (Å²) in [4.78, 5) is 0. The lowest BCUT2D eigenvalue weighted by Crippen LogP contribution is -2.19. The lowest BCUT2D eigenvalue weighted by atomic mass is 9.95. The van der Waals surface area contributed by atoms with E-state index in [1.165, 1.54) is 0 Å². The van der Waals surface area contributed by atoms with Crippen molar-refractivity contribution < 1.29 is 9.26 Å². The van der Waals surface area contributed by atoms with E-state index >= 15 is 0 Å². The van der Waals surface area contributed by atoms with Crippen LogP contribution in [0.5, 0.6) is 0 Å². The Morgan fingerprint density at radius 1 is 1.29 bits per heavy atom. The van der Waals surface area contributed by atoms with Crippen molar-refractivity contribution in [2.24, 2.45) is 0 Å². The minimum atomic E-state index is -0.332. The normalized spacial score (nSPS) is 11.7. The summed E-state index contributed by atoms with van der Waals surface area (Å²) < 4.78 is 10.6. The molecule has 90 valence electrons. The molecule has 1 aromatic heterocycles. The van der Waals surface area contributed by atoms with Crippen LogP contribution >= 0.6 is 0 Å². The van der Waals surface area contributed by atoms with E-state index in [-0.39, 0.29) is 5.60 Å². The first-order valence-electron chi connectivity index (χ1n) is 5.41. The molecule has 0 atom stereocenters. The number of nitrogens with zero attached hydrogens (tertiary/aromatic N) is 1. The van der Waals surface area contributed by atoms with Gasteiger partial charge in [0.15, 0.2) is 11.6 Å².